The standard InChI is InChI=1S/C22H22N2O2/c1-4-6-9-17(5-2)18-11-13-19(14-12-18)21(25)23-24-22(26)20-10-7-8-16(3)15-20/h4-15H,1H2,2-3H3,(H,23,25)(H,24,26)/b9-6-,17-5+. The van der Waals surface area contributed by atoms with Gasteiger partial charge in [-0.2, -0.15) is 0 Å². The van der Waals surface area contributed by atoms with Gasteiger partial charge in [-0.15, -0.1) is 0 Å². The Hall–Kier alpha value is -3.40. The van der Waals surface area contributed by atoms with Crippen molar-refractivity contribution in [3.05, 3.63) is 102 Å². The number of aryl methyl sites for hydroxylation is 1. The molecule has 2 rings (SSSR count). The number of benzene rings is 2. The fourth-order valence-corrected chi connectivity index (χ4v) is 2.39. The number of amides is 2. The molecule has 2 aromatic carbocycles. The van der Waals surface area contributed by atoms with E-state index >= 15 is 0 Å². The Morgan fingerprint density at radius 1 is 0.923 bits per heavy atom. The largest absolute Gasteiger partial charge is 0.269 e. The first kappa shape index (κ1) is 18.9. The van der Waals surface area contributed by atoms with Crippen molar-refractivity contribution in [2.24, 2.45) is 0 Å². The zero-order valence-electron chi connectivity index (χ0n) is 15.0. The summed E-state index contributed by atoms with van der Waals surface area (Å²) in [7, 11) is 0. The molecule has 2 N–H and O–H groups in total. The molecular weight excluding hydrogens is 324 g/mol. The van der Waals surface area contributed by atoms with Gasteiger partial charge in [0.1, 0.15) is 0 Å². The molecule has 0 heterocycles. The third kappa shape index (κ3) is 5.05. The summed E-state index contributed by atoms with van der Waals surface area (Å²) >= 11 is 0. The Balaban J connectivity index is 2.00. The lowest BCUT2D eigenvalue weighted by Gasteiger charge is -2.09. The van der Waals surface area contributed by atoms with Crippen LogP contribution in [-0.4, -0.2) is 11.8 Å². The Morgan fingerprint density at radius 2 is 1.54 bits per heavy atom. The quantitative estimate of drug-likeness (QED) is 0.629. The van der Waals surface area contributed by atoms with Gasteiger partial charge in [0, 0.05) is 11.1 Å². The molecule has 0 bridgehead atoms. The van der Waals surface area contributed by atoms with Gasteiger partial charge >= 0.3 is 0 Å². The number of hydrazine groups is 1. The summed E-state index contributed by atoms with van der Waals surface area (Å²) in [5, 5.41) is 0. The van der Waals surface area contributed by atoms with Crippen LogP contribution in [0, 0.1) is 6.92 Å². The minimum atomic E-state index is -0.374. The highest BCUT2D eigenvalue weighted by Gasteiger charge is 2.09. The summed E-state index contributed by atoms with van der Waals surface area (Å²) in [4.78, 5) is 24.3. The van der Waals surface area contributed by atoms with Gasteiger partial charge < -0.3 is 0 Å². The summed E-state index contributed by atoms with van der Waals surface area (Å²) in [5.41, 5.74) is 8.82. The van der Waals surface area contributed by atoms with E-state index in [1.54, 1.807) is 36.4 Å². The third-order valence-corrected chi connectivity index (χ3v) is 3.77. The van der Waals surface area contributed by atoms with E-state index in [1.807, 2.05) is 50.3 Å². The SMILES string of the molecule is C=C/C=C\C(=C/C)c1ccc(C(=O)NNC(=O)c2cccc(C)c2)cc1. The second-order valence-corrected chi connectivity index (χ2v) is 5.69. The number of allylic oxidation sites excluding steroid dienone is 5. The first-order valence-electron chi connectivity index (χ1n) is 8.28. The molecule has 0 aliphatic rings. The van der Waals surface area contributed by atoms with Crippen LogP contribution < -0.4 is 10.9 Å². The van der Waals surface area contributed by atoms with Crippen molar-refractivity contribution in [1.29, 1.82) is 0 Å². The minimum absolute atomic E-state index is 0.357. The number of hydrogen-bond donors (Lipinski definition) is 2. The highest BCUT2D eigenvalue weighted by atomic mass is 16.2. The van der Waals surface area contributed by atoms with E-state index in [0.29, 0.717) is 11.1 Å². The Morgan fingerprint density at radius 3 is 2.12 bits per heavy atom. The lowest BCUT2D eigenvalue weighted by molar-refractivity contribution is 0.0846. The summed E-state index contributed by atoms with van der Waals surface area (Å²) in [6.07, 6.45) is 7.50. The normalized spacial score (nSPS) is 11.2. The Bertz CT molecular complexity index is 862. The van der Waals surface area contributed by atoms with Crippen LogP contribution in [0.5, 0.6) is 0 Å². The van der Waals surface area contributed by atoms with Gasteiger partial charge in [-0.25, -0.2) is 0 Å². The summed E-state index contributed by atoms with van der Waals surface area (Å²) < 4.78 is 0. The number of carbonyl (C=O) groups is 2. The van der Waals surface area contributed by atoms with Crippen molar-refractivity contribution >= 4 is 17.4 Å². The van der Waals surface area contributed by atoms with Crippen LogP contribution in [0.25, 0.3) is 5.57 Å². The molecule has 0 saturated heterocycles. The molecule has 0 unspecified atom stereocenters. The monoisotopic (exact) mass is 346 g/mol. The summed E-state index contributed by atoms with van der Waals surface area (Å²) in [6.45, 7) is 7.51. The molecule has 0 aliphatic carbocycles. The van der Waals surface area contributed by atoms with Crippen molar-refractivity contribution in [2.75, 3.05) is 0 Å². The van der Waals surface area contributed by atoms with E-state index in [4.69, 9.17) is 0 Å². The maximum atomic E-state index is 12.2. The highest BCUT2D eigenvalue weighted by Crippen LogP contribution is 2.16. The smallest absolute Gasteiger partial charge is 0.267 e. The van der Waals surface area contributed by atoms with Crippen LogP contribution in [0.15, 0.2) is 79.4 Å². The van der Waals surface area contributed by atoms with Crippen LogP contribution in [0.1, 0.15) is 38.8 Å². The number of rotatable bonds is 5. The van der Waals surface area contributed by atoms with Gasteiger partial charge in [0.25, 0.3) is 11.8 Å². The second-order valence-electron chi connectivity index (χ2n) is 5.69. The predicted octanol–water partition coefficient (Wildman–Crippen LogP) is 4.22. The molecule has 4 nitrogen and oxygen atoms in total. The first-order chi connectivity index (χ1) is 12.5. The highest BCUT2D eigenvalue weighted by molar-refractivity contribution is 5.99. The average Bonchev–Trinajstić information content (AvgIpc) is 2.67. The van der Waals surface area contributed by atoms with E-state index in [9.17, 15) is 9.59 Å². The van der Waals surface area contributed by atoms with Crippen LogP contribution in [0.2, 0.25) is 0 Å². The predicted molar refractivity (Wildman–Crippen MR) is 106 cm³/mol. The van der Waals surface area contributed by atoms with Gasteiger partial charge in [-0.05, 0) is 49.2 Å². The second kappa shape index (κ2) is 9.18. The number of carbonyl (C=O) groups excluding carboxylic acids is 2. The molecule has 0 aromatic heterocycles. The zero-order chi connectivity index (χ0) is 18.9. The number of hydrogen-bond acceptors (Lipinski definition) is 2. The van der Waals surface area contributed by atoms with Gasteiger partial charge in [-0.3, -0.25) is 20.4 Å². The molecular formula is C22H22N2O2. The summed E-state index contributed by atoms with van der Waals surface area (Å²) in [6, 6.07) is 14.3. The van der Waals surface area contributed by atoms with Gasteiger partial charge in [-0.1, -0.05) is 60.7 Å². The molecule has 26 heavy (non-hydrogen) atoms. The van der Waals surface area contributed by atoms with Crippen molar-refractivity contribution in [1.82, 2.24) is 10.9 Å². The van der Waals surface area contributed by atoms with Crippen molar-refractivity contribution in [3.63, 3.8) is 0 Å². The van der Waals surface area contributed by atoms with Crippen LogP contribution >= 0.6 is 0 Å². The topological polar surface area (TPSA) is 58.2 Å². The summed E-state index contributed by atoms with van der Waals surface area (Å²) in [5.74, 6) is -0.731. The molecule has 0 spiro atoms. The molecule has 0 aliphatic heterocycles. The average molecular weight is 346 g/mol. The van der Waals surface area contributed by atoms with Crippen LogP contribution in [0.4, 0.5) is 0 Å². The van der Waals surface area contributed by atoms with Crippen LogP contribution in [0.3, 0.4) is 0 Å². The minimum Gasteiger partial charge on any atom is -0.267 e. The molecule has 0 radical (unpaired) electrons. The third-order valence-electron chi connectivity index (χ3n) is 3.77. The lowest BCUT2D eigenvalue weighted by atomic mass is 10.0. The van der Waals surface area contributed by atoms with E-state index in [-0.39, 0.29) is 11.8 Å². The molecule has 0 saturated carbocycles. The van der Waals surface area contributed by atoms with Crippen molar-refractivity contribution in [3.8, 4) is 0 Å². The lowest BCUT2D eigenvalue weighted by Crippen LogP contribution is -2.41. The van der Waals surface area contributed by atoms with E-state index in [1.165, 1.54) is 0 Å². The molecule has 2 aromatic rings. The number of nitrogens with one attached hydrogen (secondary N) is 2. The van der Waals surface area contributed by atoms with Gasteiger partial charge in [0.05, 0.1) is 0 Å². The fraction of sp³-hybridized carbons (Fsp3) is 0.0909. The molecule has 2 amide bonds. The molecule has 132 valence electrons. The molecule has 0 fully saturated rings. The molecule has 0 atom stereocenters. The Labute approximate surface area is 153 Å². The zero-order valence-corrected chi connectivity index (χ0v) is 15.0. The maximum Gasteiger partial charge on any atom is 0.269 e. The van der Waals surface area contributed by atoms with Crippen molar-refractivity contribution in [2.45, 2.75) is 13.8 Å². The van der Waals surface area contributed by atoms with Gasteiger partial charge in [0.15, 0.2) is 0 Å². The van der Waals surface area contributed by atoms with E-state index < -0.39 is 0 Å². The molecule has 4 heteroatoms. The van der Waals surface area contributed by atoms with E-state index in [2.05, 4.69) is 17.4 Å². The van der Waals surface area contributed by atoms with E-state index in [0.717, 1.165) is 16.7 Å². The maximum absolute atomic E-state index is 12.2. The first-order valence-corrected chi connectivity index (χ1v) is 8.28. The van der Waals surface area contributed by atoms with Crippen LogP contribution in [-0.2, 0) is 0 Å². The van der Waals surface area contributed by atoms with Crippen molar-refractivity contribution < 1.29 is 9.59 Å². The Kier molecular flexibility index (Phi) is 6.68. The fourth-order valence-electron chi connectivity index (χ4n) is 2.39. The van der Waals surface area contributed by atoms with Gasteiger partial charge in [0.2, 0.25) is 0 Å².